The molecule has 0 aliphatic carbocycles. The summed E-state index contributed by atoms with van der Waals surface area (Å²) in [6.07, 6.45) is 1.71. The van der Waals surface area contributed by atoms with E-state index in [1.165, 1.54) is 0 Å². The highest BCUT2D eigenvalue weighted by Crippen LogP contribution is 2.24. The van der Waals surface area contributed by atoms with E-state index in [0.29, 0.717) is 12.1 Å². The predicted molar refractivity (Wildman–Crippen MR) is 72.1 cm³/mol. The Bertz CT molecular complexity index is 375. The minimum Gasteiger partial charge on any atom is -0.352 e. The van der Waals surface area contributed by atoms with Crippen LogP contribution in [-0.4, -0.2) is 12.5 Å². The Morgan fingerprint density at radius 1 is 1.41 bits per heavy atom. The number of amides is 1. The Hall–Kier alpha value is -1.28. The fraction of sp³-hybridized carbons (Fsp3) is 0.357. The van der Waals surface area contributed by atoms with Gasteiger partial charge in [0.05, 0.1) is 5.38 Å². The Kier molecular flexibility index (Phi) is 5.78. The number of alkyl halides is 1. The van der Waals surface area contributed by atoms with E-state index in [1.54, 1.807) is 6.92 Å². The molecule has 17 heavy (non-hydrogen) atoms. The Balaban J connectivity index is 2.23. The standard InChI is InChI=1S/C14H18ClNO/c1-11(2)14(17)16-10-6-9-13(15)12-7-4-3-5-8-12/h3-5,7-8,13H,1,6,9-10H2,2H3,(H,16,17). The number of hydrogen-bond donors (Lipinski definition) is 1. The van der Waals surface area contributed by atoms with Gasteiger partial charge in [-0.1, -0.05) is 36.9 Å². The molecule has 1 rings (SSSR count). The molecule has 0 fully saturated rings. The molecular weight excluding hydrogens is 234 g/mol. The number of benzene rings is 1. The molecule has 1 aromatic carbocycles. The molecule has 0 heterocycles. The summed E-state index contributed by atoms with van der Waals surface area (Å²) in [5, 5.41) is 2.80. The van der Waals surface area contributed by atoms with Gasteiger partial charge in [-0.15, -0.1) is 11.6 Å². The van der Waals surface area contributed by atoms with Crippen LogP contribution in [0, 0.1) is 0 Å². The largest absolute Gasteiger partial charge is 0.352 e. The highest BCUT2D eigenvalue weighted by atomic mass is 35.5. The maximum atomic E-state index is 11.2. The molecule has 3 heteroatoms. The third kappa shape index (κ3) is 5.05. The summed E-state index contributed by atoms with van der Waals surface area (Å²) in [5.74, 6) is -0.0872. The van der Waals surface area contributed by atoms with Crippen molar-refractivity contribution in [3.05, 3.63) is 48.0 Å². The van der Waals surface area contributed by atoms with Gasteiger partial charge in [-0.05, 0) is 25.3 Å². The van der Waals surface area contributed by atoms with E-state index in [1.807, 2.05) is 30.3 Å². The Morgan fingerprint density at radius 3 is 2.65 bits per heavy atom. The SMILES string of the molecule is C=C(C)C(=O)NCCCC(Cl)c1ccccc1. The zero-order valence-electron chi connectivity index (χ0n) is 10.1. The second-order valence-electron chi connectivity index (χ2n) is 4.06. The number of rotatable bonds is 6. The third-order valence-corrected chi connectivity index (χ3v) is 2.94. The van der Waals surface area contributed by atoms with Gasteiger partial charge in [0.25, 0.3) is 0 Å². The van der Waals surface area contributed by atoms with E-state index in [4.69, 9.17) is 11.6 Å². The third-order valence-electron chi connectivity index (χ3n) is 2.47. The fourth-order valence-corrected chi connectivity index (χ4v) is 1.76. The molecular formula is C14H18ClNO. The molecule has 0 bridgehead atoms. The molecule has 0 radical (unpaired) electrons. The van der Waals surface area contributed by atoms with E-state index >= 15 is 0 Å². The van der Waals surface area contributed by atoms with Crippen molar-refractivity contribution in [3.8, 4) is 0 Å². The van der Waals surface area contributed by atoms with Crippen molar-refractivity contribution >= 4 is 17.5 Å². The maximum absolute atomic E-state index is 11.2. The predicted octanol–water partition coefficient (Wildman–Crippen LogP) is 3.44. The van der Waals surface area contributed by atoms with Crippen molar-refractivity contribution in [2.45, 2.75) is 25.1 Å². The van der Waals surface area contributed by atoms with Crippen LogP contribution in [0.25, 0.3) is 0 Å². The van der Waals surface area contributed by atoms with Crippen molar-refractivity contribution in [3.63, 3.8) is 0 Å². The molecule has 0 aliphatic rings. The van der Waals surface area contributed by atoms with Crippen molar-refractivity contribution in [2.75, 3.05) is 6.54 Å². The molecule has 1 unspecified atom stereocenters. The normalized spacial score (nSPS) is 11.9. The van der Waals surface area contributed by atoms with Crippen LogP contribution in [0.4, 0.5) is 0 Å². The van der Waals surface area contributed by atoms with Crippen LogP contribution in [-0.2, 0) is 4.79 Å². The molecule has 0 saturated carbocycles. The van der Waals surface area contributed by atoms with Gasteiger partial charge in [-0.25, -0.2) is 0 Å². The molecule has 0 spiro atoms. The molecule has 1 amide bonds. The number of carbonyl (C=O) groups is 1. The van der Waals surface area contributed by atoms with E-state index in [9.17, 15) is 4.79 Å². The second-order valence-corrected chi connectivity index (χ2v) is 4.58. The average Bonchev–Trinajstić information content (AvgIpc) is 2.35. The minimum absolute atomic E-state index is 0.0120. The van der Waals surface area contributed by atoms with E-state index in [-0.39, 0.29) is 11.3 Å². The molecule has 0 aliphatic heterocycles. The zero-order valence-corrected chi connectivity index (χ0v) is 10.8. The molecule has 92 valence electrons. The molecule has 1 N–H and O–H groups in total. The lowest BCUT2D eigenvalue weighted by atomic mass is 10.1. The van der Waals surface area contributed by atoms with Crippen molar-refractivity contribution < 1.29 is 4.79 Å². The lowest BCUT2D eigenvalue weighted by molar-refractivity contribution is -0.117. The molecule has 1 atom stereocenters. The van der Waals surface area contributed by atoms with Crippen LogP contribution in [0.5, 0.6) is 0 Å². The lowest BCUT2D eigenvalue weighted by Gasteiger charge is -2.10. The number of hydrogen-bond acceptors (Lipinski definition) is 1. The van der Waals surface area contributed by atoms with Gasteiger partial charge in [0, 0.05) is 12.1 Å². The van der Waals surface area contributed by atoms with Crippen LogP contribution < -0.4 is 5.32 Å². The lowest BCUT2D eigenvalue weighted by Crippen LogP contribution is -2.24. The summed E-state index contributed by atoms with van der Waals surface area (Å²) in [6, 6.07) is 9.97. The highest BCUT2D eigenvalue weighted by molar-refractivity contribution is 6.20. The Labute approximate surface area is 108 Å². The first kappa shape index (κ1) is 13.8. The Morgan fingerprint density at radius 2 is 2.06 bits per heavy atom. The van der Waals surface area contributed by atoms with E-state index in [0.717, 1.165) is 18.4 Å². The average molecular weight is 252 g/mol. The van der Waals surface area contributed by atoms with Crippen molar-refractivity contribution in [1.82, 2.24) is 5.32 Å². The van der Waals surface area contributed by atoms with Crippen LogP contribution in [0.1, 0.15) is 30.7 Å². The van der Waals surface area contributed by atoms with Crippen LogP contribution in [0.3, 0.4) is 0 Å². The van der Waals surface area contributed by atoms with Crippen molar-refractivity contribution in [2.24, 2.45) is 0 Å². The second kappa shape index (κ2) is 7.13. The highest BCUT2D eigenvalue weighted by Gasteiger charge is 2.07. The summed E-state index contributed by atoms with van der Waals surface area (Å²) in [7, 11) is 0. The van der Waals surface area contributed by atoms with E-state index in [2.05, 4.69) is 11.9 Å². The summed E-state index contributed by atoms with van der Waals surface area (Å²) in [4.78, 5) is 11.2. The van der Waals surface area contributed by atoms with Gasteiger partial charge >= 0.3 is 0 Å². The summed E-state index contributed by atoms with van der Waals surface area (Å²) in [5.41, 5.74) is 1.66. The van der Waals surface area contributed by atoms with Crippen molar-refractivity contribution in [1.29, 1.82) is 0 Å². The van der Waals surface area contributed by atoms with Gasteiger partial charge in [-0.3, -0.25) is 4.79 Å². The van der Waals surface area contributed by atoms with Gasteiger partial charge in [-0.2, -0.15) is 0 Å². The smallest absolute Gasteiger partial charge is 0.246 e. The monoisotopic (exact) mass is 251 g/mol. The van der Waals surface area contributed by atoms with Gasteiger partial charge in [0.1, 0.15) is 0 Å². The maximum Gasteiger partial charge on any atom is 0.246 e. The van der Waals surface area contributed by atoms with E-state index < -0.39 is 0 Å². The molecule has 1 aromatic rings. The first-order chi connectivity index (χ1) is 8.11. The first-order valence-corrected chi connectivity index (χ1v) is 6.17. The minimum atomic E-state index is -0.0872. The van der Waals surface area contributed by atoms with Gasteiger partial charge < -0.3 is 5.32 Å². The number of carbonyl (C=O) groups excluding carboxylic acids is 1. The first-order valence-electron chi connectivity index (χ1n) is 5.74. The summed E-state index contributed by atoms with van der Waals surface area (Å²) < 4.78 is 0. The number of nitrogens with one attached hydrogen (secondary N) is 1. The summed E-state index contributed by atoms with van der Waals surface area (Å²) in [6.45, 7) is 5.92. The molecule has 0 aromatic heterocycles. The number of halogens is 1. The fourth-order valence-electron chi connectivity index (χ4n) is 1.46. The van der Waals surface area contributed by atoms with Crippen LogP contribution in [0.15, 0.2) is 42.5 Å². The quantitative estimate of drug-likeness (QED) is 0.468. The van der Waals surface area contributed by atoms with Gasteiger partial charge in [0.2, 0.25) is 5.91 Å². The molecule has 2 nitrogen and oxygen atoms in total. The topological polar surface area (TPSA) is 29.1 Å². The zero-order chi connectivity index (χ0) is 12.7. The van der Waals surface area contributed by atoms with Crippen LogP contribution in [0.2, 0.25) is 0 Å². The van der Waals surface area contributed by atoms with Gasteiger partial charge in [0.15, 0.2) is 0 Å². The molecule has 0 saturated heterocycles. The van der Waals surface area contributed by atoms with Crippen LogP contribution >= 0.6 is 11.6 Å². The summed E-state index contributed by atoms with van der Waals surface area (Å²) >= 11 is 6.25.